The van der Waals surface area contributed by atoms with Gasteiger partial charge in [0.1, 0.15) is 6.33 Å². The van der Waals surface area contributed by atoms with Gasteiger partial charge >= 0.3 is 11.7 Å². The van der Waals surface area contributed by atoms with Gasteiger partial charge in [0.15, 0.2) is 0 Å². The number of rotatable bonds is 4. The van der Waals surface area contributed by atoms with Gasteiger partial charge < -0.3 is 10.6 Å². The van der Waals surface area contributed by atoms with Crippen LogP contribution in [0.25, 0.3) is 5.69 Å². The summed E-state index contributed by atoms with van der Waals surface area (Å²) in [6.45, 7) is 0. The van der Waals surface area contributed by atoms with Crippen LogP contribution in [-0.4, -0.2) is 26.4 Å². The zero-order valence-corrected chi connectivity index (χ0v) is 14.3. The van der Waals surface area contributed by atoms with Crippen LogP contribution in [0.15, 0.2) is 65.7 Å². The Labute approximate surface area is 150 Å². The highest BCUT2D eigenvalue weighted by atomic mass is 16.2. The number of amides is 2. The molecule has 0 bridgehead atoms. The number of urea groups is 1. The molecule has 0 spiro atoms. The first kappa shape index (κ1) is 16.1. The number of anilines is 1. The van der Waals surface area contributed by atoms with Crippen LogP contribution < -0.4 is 16.3 Å². The maximum Gasteiger partial charge on any atom is 0.350 e. The highest BCUT2D eigenvalue weighted by Crippen LogP contribution is 2.40. The van der Waals surface area contributed by atoms with Gasteiger partial charge in [-0.1, -0.05) is 30.3 Å². The Hall–Kier alpha value is -3.35. The van der Waals surface area contributed by atoms with Gasteiger partial charge in [0.05, 0.1) is 5.69 Å². The Morgan fingerprint density at radius 2 is 1.85 bits per heavy atom. The molecule has 4 rings (SSSR count). The molecule has 0 saturated heterocycles. The van der Waals surface area contributed by atoms with Crippen molar-refractivity contribution < 1.29 is 4.79 Å². The van der Waals surface area contributed by atoms with Crippen molar-refractivity contribution in [3.8, 4) is 5.69 Å². The third-order valence-electron chi connectivity index (χ3n) is 4.53. The number of aromatic nitrogens is 3. The van der Waals surface area contributed by atoms with Gasteiger partial charge in [-0.05, 0) is 36.2 Å². The summed E-state index contributed by atoms with van der Waals surface area (Å²) in [5, 5.41) is 9.84. The van der Waals surface area contributed by atoms with Crippen molar-refractivity contribution in [1.82, 2.24) is 19.7 Å². The first-order valence-electron chi connectivity index (χ1n) is 8.45. The quantitative estimate of drug-likeness (QED) is 0.758. The van der Waals surface area contributed by atoms with Gasteiger partial charge in [-0.3, -0.25) is 4.57 Å². The molecule has 1 saturated carbocycles. The first-order valence-corrected chi connectivity index (χ1v) is 8.45. The van der Waals surface area contributed by atoms with Crippen molar-refractivity contribution in [2.75, 3.05) is 5.32 Å². The molecule has 1 aromatic heterocycles. The van der Waals surface area contributed by atoms with Gasteiger partial charge in [0, 0.05) is 24.7 Å². The molecule has 1 aliphatic rings. The van der Waals surface area contributed by atoms with E-state index in [1.54, 1.807) is 31.3 Å². The van der Waals surface area contributed by atoms with Crippen LogP contribution >= 0.6 is 0 Å². The minimum atomic E-state index is -0.226. The molecule has 2 atom stereocenters. The third-order valence-corrected chi connectivity index (χ3v) is 4.53. The molecular formula is C19H19N5O2. The van der Waals surface area contributed by atoms with E-state index in [4.69, 9.17) is 0 Å². The smallest absolute Gasteiger partial charge is 0.334 e. The number of nitrogens with zero attached hydrogens (tertiary/aromatic N) is 3. The lowest BCUT2D eigenvalue weighted by Gasteiger charge is -2.08. The molecule has 7 heteroatoms. The maximum absolute atomic E-state index is 12.2. The Morgan fingerprint density at radius 1 is 1.12 bits per heavy atom. The topological polar surface area (TPSA) is 81.0 Å². The fraction of sp³-hybridized carbons (Fsp3) is 0.211. The van der Waals surface area contributed by atoms with Crippen LogP contribution in [0.4, 0.5) is 10.5 Å². The van der Waals surface area contributed by atoms with E-state index in [2.05, 4.69) is 27.9 Å². The molecule has 0 unspecified atom stereocenters. The standard InChI is InChI=1S/C19H19N5O2/c1-23-12-20-24(19(23)26)15-9-7-14(8-10-15)21-18(25)22-17-11-16(17)13-5-3-2-4-6-13/h2-10,12,16-17H,11H2,1H3,(H2,21,22,25)/t16-,17-/m0/s1. The highest BCUT2D eigenvalue weighted by molar-refractivity contribution is 5.89. The van der Waals surface area contributed by atoms with E-state index in [0.717, 1.165) is 6.42 Å². The fourth-order valence-corrected chi connectivity index (χ4v) is 3.00. The molecule has 2 amide bonds. The van der Waals surface area contributed by atoms with E-state index < -0.39 is 0 Å². The normalized spacial score (nSPS) is 18.3. The average Bonchev–Trinajstić information content (AvgIpc) is 3.34. The zero-order valence-electron chi connectivity index (χ0n) is 14.3. The molecule has 132 valence electrons. The lowest BCUT2D eigenvalue weighted by molar-refractivity contribution is 0.251. The Kier molecular flexibility index (Phi) is 4.04. The van der Waals surface area contributed by atoms with Gasteiger partial charge in [0.2, 0.25) is 0 Å². The summed E-state index contributed by atoms with van der Waals surface area (Å²) >= 11 is 0. The van der Waals surface area contributed by atoms with E-state index in [9.17, 15) is 9.59 Å². The van der Waals surface area contributed by atoms with Gasteiger partial charge in [-0.25, -0.2) is 9.59 Å². The molecular weight excluding hydrogens is 330 g/mol. The zero-order chi connectivity index (χ0) is 18.1. The fourth-order valence-electron chi connectivity index (χ4n) is 3.00. The molecule has 3 aromatic rings. The summed E-state index contributed by atoms with van der Waals surface area (Å²) in [5.74, 6) is 0.389. The van der Waals surface area contributed by atoms with Gasteiger partial charge in [-0.15, -0.1) is 0 Å². The molecule has 0 radical (unpaired) electrons. The van der Waals surface area contributed by atoms with Crippen LogP contribution in [-0.2, 0) is 7.05 Å². The van der Waals surface area contributed by atoms with Crippen LogP contribution in [0.2, 0.25) is 0 Å². The lowest BCUT2D eigenvalue weighted by Crippen LogP contribution is -2.31. The maximum atomic E-state index is 12.2. The molecule has 1 heterocycles. The number of nitrogens with one attached hydrogen (secondary N) is 2. The summed E-state index contributed by atoms with van der Waals surface area (Å²) < 4.78 is 2.71. The van der Waals surface area contributed by atoms with Crippen molar-refractivity contribution in [1.29, 1.82) is 0 Å². The van der Waals surface area contributed by atoms with Gasteiger partial charge in [-0.2, -0.15) is 9.78 Å². The highest BCUT2D eigenvalue weighted by Gasteiger charge is 2.39. The van der Waals surface area contributed by atoms with E-state index in [1.165, 1.54) is 21.1 Å². The minimum absolute atomic E-state index is 0.170. The summed E-state index contributed by atoms with van der Waals surface area (Å²) in [7, 11) is 1.65. The van der Waals surface area contributed by atoms with Crippen LogP contribution in [0, 0.1) is 0 Å². The predicted octanol–water partition coefficient (Wildman–Crippen LogP) is 2.25. The van der Waals surface area contributed by atoms with Crippen molar-refractivity contribution in [3.63, 3.8) is 0 Å². The summed E-state index contributed by atoms with van der Waals surface area (Å²) in [4.78, 5) is 24.1. The number of carbonyl (C=O) groups excluding carboxylic acids is 1. The number of aryl methyl sites for hydroxylation is 1. The van der Waals surface area contributed by atoms with Crippen molar-refractivity contribution in [3.05, 3.63) is 77.0 Å². The molecule has 7 nitrogen and oxygen atoms in total. The molecule has 2 N–H and O–H groups in total. The van der Waals surface area contributed by atoms with Crippen molar-refractivity contribution in [2.24, 2.45) is 7.05 Å². The largest absolute Gasteiger partial charge is 0.350 e. The number of benzene rings is 2. The lowest BCUT2D eigenvalue weighted by atomic mass is 10.1. The summed E-state index contributed by atoms with van der Waals surface area (Å²) in [6, 6.07) is 17.1. The molecule has 0 aliphatic heterocycles. The number of carbonyl (C=O) groups is 1. The molecule has 1 aliphatic carbocycles. The minimum Gasteiger partial charge on any atom is -0.334 e. The monoisotopic (exact) mass is 349 g/mol. The molecule has 2 aromatic carbocycles. The van der Waals surface area contributed by atoms with Crippen LogP contribution in [0.5, 0.6) is 0 Å². The van der Waals surface area contributed by atoms with Crippen molar-refractivity contribution >= 4 is 11.7 Å². The summed E-state index contributed by atoms with van der Waals surface area (Å²) in [6.07, 6.45) is 2.42. The third kappa shape index (κ3) is 3.23. The molecule has 26 heavy (non-hydrogen) atoms. The number of hydrogen-bond acceptors (Lipinski definition) is 3. The molecule has 1 fully saturated rings. The second kappa shape index (κ2) is 6.51. The average molecular weight is 349 g/mol. The van der Waals surface area contributed by atoms with Crippen molar-refractivity contribution in [2.45, 2.75) is 18.4 Å². The first-order chi connectivity index (χ1) is 12.6. The van der Waals surface area contributed by atoms with E-state index in [1.807, 2.05) is 18.2 Å². The number of hydrogen-bond donors (Lipinski definition) is 2. The van der Waals surface area contributed by atoms with Crippen LogP contribution in [0.3, 0.4) is 0 Å². The predicted molar refractivity (Wildman–Crippen MR) is 98.5 cm³/mol. The van der Waals surface area contributed by atoms with E-state index in [0.29, 0.717) is 17.3 Å². The van der Waals surface area contributed by atoms with E-state index >= 15 is 0 Å². The van der Waals surface area contributed by atoms with Crippen LogP contribution in [0.1, 0.15) is 17.9 Å². The second-order valence-electron chi connectivity index (χ2n) is 6.44. The van der Waals surface area contributed by atoms with Gasteiger partial charge in [0.25, 0.3) is 0 Å². The SMILES string of the molecule is Cn1cnn(-c2ccc(NC(=O)N[C@H]3C[C@H]3c3ccccc3)cc2)c1=O. The van der Waals surface area contributed by atoms with E-state index in [-0.39, 0.29) is 17.8 Å². The Balaban J connectivity index is 1.35. The summed E-state index contributed by atoms with van der Waals surface area (Å²) in [5.41, 5.74) is 2.34. The Morgan fingerprint density at radius 3 is 2.50 bits per heavy atom. The second-order valence-corrected chi connectivity index (χ2v) is 6.44. The Bertz CT molecular complexity index is 975.